The summed E-state index contributed by atoms with van der Waals surface area (Å²) in [6, 6.07) is 4.59. The van der Waals surface area contributed by atoms with Crippen molar-refractivity contribution in [2.24, 2.45) is 0 Å². The van der Waals surface area contributed by atoms with Crippen molar-refractivity contribution in [3.05, 3.63) is 45.8 Å². The molecule has 2 aromatic rings. The standard InChI is InChI=1S/C28H34O8/c1-16(8-12-24-28(6,36-24)14-13-23-27(4,5)35-23)7-10-21-25(33-18(3)30)20-11-9-19(32-17(2)29)15-22(20)34-26(21)31/h7,9,11,15,23-24H,8,10,12-14H2,1-6H3/b16-7+. The highest BCUT2D eigenvalue weighted by Crippen LogP contribution is 2.47. The quantitative estimate of drug-likeness (QED) is 0.148. The molecule has 194 valence electrons. The van der Waals surface area contributed by atoms with Gasteiger partial charge in [-0.3, -0.25) is 9.59 Å². The van der Waals surface area contributed by atoms with Crippen LogP contribution in [-0.4, -0.2) is 35.3 Å². The Hall–Kier alpha value is -2.97. The van der Waals surface area contributed by atoms with E-state index in [1.807, 2.05) is 13.0 Å². The molecule has 0 aliphatic carbocycles. The number of fused-ring (bicyclic) bond motifs is 1. The molecular weight excluding hydrogens is 464 g/mol. The van der Waals surface area contributed by atoms with Gasteiger partial charge >= 0.3 is 17.6 Å². The lowest BCUT2D eigenvalue weighted by Crippen LogP contribution is -2.14. The number of hydrogen-bond acceptors (Lipinski definition) is 8. The maximum atomic E-state index is 12.8. The first-order chi connectivity index (χ1) is 16.9. The molecule has 0 radical (unpaired) electrons. The Morgan fingerprint density at radius 2 is 1.69 bits per heavy atom. The zero-order valence-corrected chi connectivity index (χ0v) is 21.8. The number of hydrogen-bond donors (Lipinski definition) is 0. The largest absolute Gasteiger partial charge is 0.427 e. The van der Waals surface area contributed by atoms with E-state index in [4.69, 9.17) is 23.4 Å². The molecule has 36 heavy (non-hydrogen) atoms. The average Bonchev–Trinajstić information content (AvgIpc) is 3.62. The number of carbonyl (C=O) groups excluding carboxylic acids is 2. The van der Waals surface area contributed by atoms with Gasteiger partial charge in [0, 0.05) is 26.3 Å². The van der Waals surface area contributed by atoms with Crippen LogP contribution in [0.25, 0.3) is 11.0 Å². The van der Waals surface area contributed by atoms with E-state index in [1.165, 1.54) is 19.9 Å². The Morgan fingerprint density at radius 1 is 1.00 bits per heavy atom. The van der Waals surface area contributed by atoms with Gasteiger partial charge in [0.1, 0.15) is 11.3 Å². The topological polar surface area (TPSA) is 108 Å². The Bertz CT molecular complexity index is 1270. The van der Waals surface area contributed by atoms with Crippen LogP contribution in [0.2, 0.25) is 0 Å². The van der Waals surface area contributed by atoms with Gasteiger partial charge in [-0.25, -0.2) is 4.79 Å². The normalized spacial score (nSPS) is 24.4. The van der Waals surface area contributed by atoms with Crippen molar-refractivity contribution < 1.29 is 33.0 Å². The van der Waals surface area contributed by atoms with Crippen LogP contribution in [0.4, 0.5) is 0 Å². The van der Waals surface area contributed by atoms with Gasteiger partial charge in [-0.2, -0.15) is 0 Å². The smallest absolute Gasteiger partial charge is 0.343 e. The number of allylic oxidation sites excluding steroid dienone is 2. The van der Waals surface area contributed by atoms with Crippen molar-refractivity contribution in [2.75, 3.05) is 0 Å². The molecule has 2 fully saturated rings. The van der Waals surface area contributed by atoms with E-state index in [0.717, 1.165) is 31.3 Å². The number of esters is 2. The van der Waals surface area contributed by atoms with Crippen molar-refractivity contribution in [3.8, 4) is 11.5 Å². The van der Waals surface area contributed by atoms with Crippen LogP contribution in [0.5, 0.6) is 11.5 Å². The molecule has 2 aliphatic heterocycles. The maximum absolute atomic E-state index is 12.8. The second-order valence-electron chi connectivity index (χ2n) is 10.5. The summed E-state index contributed by atoms with van der Waals surface area (Å²) in [5.74, 6) is -0.640. The SMILES string of the molecule is CC(=O)Oc1ccc2c(OC(C)=O)c(C/C=C(\C)CCC3OC3(C)CCC3OC3(C)C)c(=O)oc2c1. The Morgan fingerprint density at radius 3 is 2.33 bits per heavy atom. The molecule has 2 aliphatic rings. The van der Waals surface area contributed by atoms with Crippen molar-refractivity contribution in [1.29, 1.82) is 0 Å². The van der Waals surface area contributed by atoms with Gasteiger partial charge in [0.15, 0.2) is 5.75 Å². The summed E-state index contributed by atoms with van der Waals surface area (Å²) in [5.41, 5.74) is 0.853. The molecule has 1 aromatic heterocycles. The summed E-state index contributed by atoms with van der Waals surface area (Å²) in [5, 5.41) is 0.451. The first-order valence-electron chi connectivity index (χ1n) is 12.4. The van der Waals surface area contributed by atoms with Gasteiger partial charge < -0.3 is 23.4 Å². The third-order valence-corrected chi connectivity index (χ3v) is 6.99. The molecule has 4 rings (SSSR count). The lowest BCUT2D eigenvalue weighted by molar-refractivity contribution is -0.132. The first kappa shape index (κ1) is 26.1. The van der Waals surface area contributed by atoms with Gasteiger partial charge in [0.05, 0.1) is 34.4 Å². The summed E-state index contributed by atoms with van der Waals surface area (Å²) in [6.07, 6.45) is 6.49. The third-order valence-electron chi connectivity index (χ3n) is 6.99. The van der Waals surface area contributed by atoms with E-state index < -0.39 is 17.6 Å². The van der Waals surface area contributed by atoms with Crippen LogP contribution < -0.4 is 15.1 Å². The molecule has 3 atom stereocenters. The molecule has 2 saturated heterocycles. The summed E-state index contributed by atoms with van der Waals surface area (Å²) < 4.78 is 27.6. The molecule has 0 N–H and O–H groups in total. The molecular formula is C28H34O8. The van der Waals surface area contributed by atoms with Crippen molar-refractivity contribution in [1.82, 2.24) is 0 Å². The summed E-state index contributed by atoms with van der Waals surface area (Å²) in [6.45, 7) is 11.0. The molecule has 3 heterocycles. The lowest BCUT2D eigenvalue weighted by Gasteiger charge is -2.11. The highest BCUT2D eigenvalue weighted by Gasteiger charge is 2.54. The third kappa shape index (κ3) is 6.05. The fourth-order valence-electron chi connectivity index (χ4n) is 4.63. The number of rotatable bonds is 10. The van der Waals surface area contributed by atoms with Crippen LogP contribution in [0.15, 0.2) is 39.1 Å². The van der Waals surface area contributed by atoms with E-state index in [9.17, 15) is 14.4 Å². The minimum absolute atomic E-state index is 0.00507. The highest BCUT2D eigenvalue weighted by molar-refractivity contribution is 5.88. The first-order valence-corrected chi connectivity index (χ1v) is 12.4. The van der Waals surface area contributed by atoms with Gasteiger partial charge in [0.2, 0.25) is 0 Å². The Balaban J connectivity index is 1.42. The zero-order chi connectivity index (χ0) is 26.3. The van der Waals surface area contributed by atoms with Gasteiger partial charge in [-0.1, -0.05) is 11.6 Å². The van der Waals surface area contributed by atoms with Crippen LogP contribution in [0, 0.1) is 0 Å². The summed E-state index contributed by atoms with van der Waals surface area (Å²) in [7, 11) is 0. The zero-order valence-electron chi connectivity index (χ0n) is 21.8. The fourth-order valence-corrected chi connectivity index (χ4v) is 4.63. The van der Waals surface area contributed by atoms with Gasteiger partial charge in [0.25, 0.3) is 0 Å². The minimum atomic E-state index is -0.605. The molecule has 8 nitrogen and oxygen atoms in total. The Labute approximate surface area is 210 Å². The molecule has 0 amide bonds. The fraction of sp³-hybridized carbons (Fsp3) is 0.536. The predicted octanol–water partition coefficient (Wildman–Crippen LogP) is 5.03. The number of ether oxygens (including phenoxy) is 4. The molecule has 0 bridgehead atoms. The van der Waals surface area contributed by atoms with Crippen molar-refractivity contribution in [2.45, 2.75) is 97.1 Å². The minimum Gasteiger partial charge on any atom is -0.427 e. The van der Waals surface area contributed by atoms with E-state index >= 15 is 0 Å². The number of epoxide rings is 2. The summed E-state index contributed by atoms with van der Waals surface area (Å²) in [4.78, 5) is 35.8. The van der Waals surface area contributed by atoms with Gasteiger partial charge in [-0.15, -0.1) is 0 Å². The summed E-state index contributed by atoms with van der Waals surface area (Å²) >= 11 is 0. The highest BCUT2D eigenvalue weighted by atomic mass is 16.6. The second-order valence-corrected chi connectivity index (χ2v) is 10.5. The average molecular weight is 499 g/mol. The van der Waals surface area contributed by atoms with Crippen molar-refractivity contribution in [3.63, 3.8) is 0 Å². The van der Waals surface area contributed by atoms with Gasteiger partial charge in [-0.05, 0) is 65.5 Å². The van der Waals surface area contributed by atoms with E-state index in [0.29, 0.717) is 11.5 Å². The van der Waals surface area contributed by atoms with Crippen molar-refractivity contribution >= 4 is 22.9 Å². The van der Waals surface area contributed by atoms with E-state index in [2.05, 4.69) is 20.8 Å². The lowest BCUT2D eigenvalue weighted by atomic mass is 9.94. The monoisotopic (exact) mass is 498 g/mol. The molecule has 0 saturated carbocycles. The van der Waals surface area contributed by atoms with Crippen LogP contribution >= 0.6 is 0 Å². The van der Waals surface area contributed by atoms with Crippen LogP contribution in [0.1, 0.15) is 72.8 Å². The molecule has 8 heteroatoms. The number of carbonyl (C=O) groups is 2. The number of benzene rings is 1. The molecule has 0 spiro atoms. The predicted molar refractivity (Wildman–Crippen MR) is 133 cm³/mol. The van der Waals surface area contributed by atoms with E-state index in [1.54, 1.807) is 12.1 Å². The van der Waals surface area contributed by atoms with E-state index in [-0.39, 0.29) is 46.4 Å². The molecule has 1 aromatic carbocycles. The maximum Gasteiger partial charge on any atom is 0.343 e. The molecule has 3 unspecified atom stereocenters. The van der Waals surface area contributed by atoms with Crippen LogP contribution in [-0.2, 0) is 25.5 Å². The van der Waals surface area contributed by atoms with Crippen LogP contribution in [0.3, 0.4) is 0 Å². The Kier molecular flexibility index (Phi) is 7.12. The second kappa shape index (κ2) is 9.82.